The molecule has 0 unspecified atom stereocenters. The Labute approximate surface area is 112 Å². The zero-order valence-corrected chi connectivity index (χ0v) is 11.5. The summed E-state index contributed by atoms with van der Waals surface area (Å²) in [5, 5.41) is 9.84. The minimum Gasteiger partial charge on any atom is -0.505 e. The van der Waals surface area contributed by atoms with E-state index >= 15 is 0 Å². The fourth-order valence-electron chi connectivity index (χ4n) is 1.73. The Hall–Kier alpha value is -2.01. The number of aryl methyl sites for hydroxylation is 2. The highest BCUT2D eigenvalue weighted by Gasteiger charge is 2.16. The third-order valence-electron chi connectivity index (χ3n) is 2.78. The van der Waals surface area contributed by atoms with Crippen molar-refractivity contribution in [3.63, 3.8) is 0 Å². The lowest BCUT2D eigenvalue weighted by atomic mass is 10.2. The molecule has 0 radical (unpaired) electrons. The number of hydrogen-bond acceptors (Lipinski definition) is 3. The second-order valence-electron chi connectivity index (χ2n) is 4.39. The minimum atomic E-state index is -3.69. The van der Waals surface area contributed by atoms with Crippen LogP contribution >= 0.6 is 0 Å². The largest absolute Gasteiger partial charge is 0.505 e. The second kappa shape index (κ2) is 4.93. The Morgan fingerprint density at radius 1 is 1.05 bits per heavy atom. The summed E-state index contributed by atoms with van der Waals surface area (Å²) in [7, 11) is -3.69. The molecule has 19 heavy (non-hydrogen) atoms. The fourth-order valence-corrected chi connectivity index (χ4v) is 2.90. The summed E-state index contributed by atoms with van der Waals surface area (Å²) >= 11 is 0. The maximum absolute atomic E-state index is 12.2. The lowest BCUT2D eigenvalue weighted by molar-refractivity contribution is 0.473. The molecule has 2 aromatic rings. The standard InChI is InChI=1S/C14H15NO3S/c1-10-5-3-7-12(9-10)19(17,18)15-13-8-4-6-11(2)14(13)16/h3-9,15-16H,1-2H3. The van der Waals surface area contributed by atoms with Crippen LogP contribution in [0.3, 0.4) is 0 Å². The van der Waals surface area contributed by atoms with Gasteiger partial charge in [-0.2, -0.15) is 0 Å². The molecule has 0 saturated heterocycles. The van der Waals surface area contributed by atoms with Crippen LogP contribution < -0.4 is 4.72 Å². The molecule has 2 N–H and O–H groups in total. The van der Waals surface area contributed by atoms with Gasteiger partial charge >= 0.3 is 0 Å². The van der Waals surface area contributed by atoms with E-state index in [0.29, 0.717) is 5.56 Å². The van der Waals surface area contributed by atoms with Gasteiger partial charge in [0.05, 0.1) is 10.6 Å². The van der Waals surface area contributed by atoms with E-state index in [1.807, 2.05) is 13.0 Å². The van der Waals surface area contributed by atoms with E-state index in [2.05, 4.69) is 4.72 Å². The predicted octanol–water partition coefficient (Wildman–Crippen LogP) is 2.81. The number of rotatable bonds is 3. The van der Waals surface area contributed by atoms with Crippen LogP contribution in [-0.4, -0.2) is 13.5 Å². The van der Waals surface area contributed by atoms with Crippen molar-refractivity contribution in [3.8, 4) is 5.75 Å². The van der Waals surface area contributed by atoms with E-state index in [9.17, 15) is 13.5 Å². The highest BCUT2D eigenvalue weighted by molar-refractivity contribution is 7.92. The quantitative estimate of drug-likeness (QED) is 0.848. The molecule has 100 valence electrons. The monoisotopic (exact) mass is 277 g/mol. The molecule has 0 fully saturated rings. The number of benzene rings is 2. The summed E-state index contributed by atoms with van der Waals surface area (Å²) in [6, 6.07) is 11.5. The number of hydrogen-bond donors (Lipinski definition) is 2. The first kappa shape index (κ1) is 13.4. The van der Waals surface area contributed by atoms with Crippen LogP contribution in [0.1, 0.15) is 11.1 Å². The van der Waals surface area contributed by atoms with E-state index in [-0.39, 0.29) is 16.3 Å². The molecule has 2 rings (SSSR count). The summed E-state index contributed by atoms with van der Waals surface area (Å²) in [6.07, 6.45) is 0. The van der Waals surface area contributed by atoms with Crippen LogP contribution in [0.4, 0.5) is 5.69 Å². The predicted molar refractivity (Wildman–Crippen MR) is 74.8 cm³/mol. The van der Waals surface area contributed by atoms with Gasteiger partial charge in [0, 0.05) is 0 Å². The molecule has 0 spiro atoms. The normalized spacial score (nSPS) is 11.3. The molecule has 0 atom stereocenters. The second-order valence-corrected chi connectivity index (χ2v) is 6.08. The van der Waals surface area contributed by atoms with Gasteiger partial charge in [0.2, 0.25) is 0 Å². The van der Waals surface area contributed by atoms with Crippen LogP contribution in [0.15, 0.2) is 47.4 Å². The van der Waals surface area contributed by atoms with Gasteiger partial charge < -0.3 is 5.11 Å². The summed E-state index contributed by atoms with van der Waals surface area (Å²) in [5.41, 5.74) is 1.65. The van der Waals surface area contributed by atoms with Crippen molar-refractivity contribution < 1.29 is 13.5 Å². The highest BCUT2D eigenvalue weighted by Crippen LogP contribution is 2.28. The van der Waals surface area contributed by atoms with E-state index in [1.54, 1.807) is 31.2 Å². The van der Waals surface area contributed by atoms with Crippen LogP contribution in [0.25, 0.3) is 0 Å². The van der Waals surface area contributed by atoms with Gasteiger partial charge in [-0.05, 0) is 43.2 Å². The van der Waals surface area contributed by atoms with Gasteiger partial charge in [-0.1, -0.05) is 24.3 Å². The molecule has 2 aromatic carbocycles. The summed E-state index contributed by atoms with van der Waals surface area (Å²) in [4.78, 5) is 0.174. The molecule has 0 bridgehead atoms. The van der Waals surface area contributed by atoms with E-state index in [1.165, 1.54) is 12.1 Å². The molecule has 0 aromatic heterocycles. The molecule has 0 aliphatic carbocycles. The van der Waals surface area contributed by atoms with E-state index < -0.39 is 10.0 Å². The first-order chi connectivity index (χ1) is 8.90. The lowest BCUT2D eigenvalue weighted by Crippen LogP contribution is -2.13. The Kier molecular flexibility index (Phi) is 3.48. The maximum Gasteiger partial charge on any atom is 0.262 e. The molecule has 0 amide bonds. The minimum absolute atomic E-state index is 0.0567. The number of anilines is 1. The van der Waals surface area contributed by atoms with E-state index in [4.69, 9.17) is 0 Å². The Morgan fingerprint density at radius 2 is 1.74 bits per heavy atom. The van der Waals surface area contributed by atoms with Crippen molar-refractivity contribution in [3.05, 3.63) is 53.6 Å². The van der Waals surface area contributed by atoms with E-state index in [0.717, 1.165) is 5.56 Å². The third-order valence-corrected chi connectivity index (χ3v) is 4.15. The number of aromatic hydroxyl groups is 1. The average Bonchev–Trinajstić information content (AvgIpc) is 2.35. The number of sulfonamides is 1. The maximum atomic E-state index is 12.2. The van der Waals surface area contributed by atoms with Gasteiger partial charge in [0.25, 0.3) is 10.0 Å². The van der Waals surface area contributed by atoms with Crippen molar-refractivity contribution in [1.82, 2.24) is 0 Å². The molecule has 0 aliphatic heterocycles. The van der Waals surface area contributed by atoms with Crippen molar-refractivity contribution >= 4 is 15.7 Å². The van der Waals surface area contributed by atoms with Crippen LogP contribution in [0, 0.1) is 13.8 Å². The number of para-hydroxylation sites is 1. The highest BCUT2D eigenvalue weighted by atomic mass is 32.2. The van der Waals surface area contributed by atoms with Gasteiger partial charge in [-0.15, -0.1) is 0 Å². The van der Waals surface area contributed by atoms with Gasteiger partial charge in [0.15, 0.2) is 0 Å². The zero-order chi connectivity index (χ0) is 14.0. The average molecular weight is 277 g/mol. The summed E-state index contributed by atoms with van der Waals surface area (Å²) in [5.74, 6) is -0.0567. The van der Waals surface area contributed by atoms with Gasteiger partial charge in [-0.3, -0.25) is 4.72 Å². The smallest absolute Gasteiger partial charge is 0.262 e. The van der Waals surface area contributed by atoms with Crippen LogP contribution in [0.2, 0.25) is 0 Å². The molecule has 0 aliphatic rings. The molecule has 5 heteroatoms. The van der Waals surface area contributed by atoms with Crippen molar-refractivity contribution in [1.29, 1.82) is 0 Å². The number of nitrogens with one attached hydrogen (secondary N) is 1. The summed E-state index contributed by atoms with van der Waals surface area (Å²) < 4.78 is 26.8. The first-order valence-electron chi connectivity index (χ1n) is 5.78. The molecule has 4 nitrogen and oxygen atoms in total. The Morgan fingerprint density at radius 3 is 2.42 bits per heavy atom. The Balaban J connectivity index is 2.39. The Bertz CT molecular complexity index is 708. The van der Waals surface area contributed by atoms with Crippen LogP contribution in [-0.2, 0) is 10.0 Å². The van der Waals surface area contributed by atoms with Crippen LogP contribution in [0.5, 0.6) is 5.75 Å². The van der Waals surface area contributed by atoms with Crippen molar-refractivity contribution in [2.45, 2.75) is 18.7 Å². The van der Waals surface area contributed by atoms with Gasteiger partial charge in [-0.25, -0.2) is 8.42 Å². The zero-order valence-electron chi connectivity index (χ0n) is 10.7. The first-order valence-corrected chi connectivity index (χ1v) is 7.26. The number of phenolic OH excluding ortho intramolecular Hbond substituents is 1. The number of phenols is 1. The molecular weight excluding hydrogens is 262 g/mol. The summed E-state index contributed by atoms with van der Waals surface area (Å²) in [6.45, 7) is 3.53. The van der Waals surface area contributed by atoms with Gasteiger partial charge in [0.1, 0.15) is 5.75 Å². The molecular formula is C14H15NO3S. The van der Waals surface area contributed by atoms with Crippen molar-refractivity contribution in [2.75, 3.05) is 4.72 Å². The van der Waals surface area contributed by atoms with Crippen molar-refractivity contribution in [2.24, 2.45) is 0 Å². The molecule has 0 heterocycles. The molecule has 0 saturated carbocycles. The lowest BCUT2D eigenvalue weighted by Gasteiger charge is -2.11. The SMILES string of the molecule is Cc1cccc(S(=O)(=O)Nc2cccc(C)c2O)c1. The topological polar surface area (TPSA) is 66.4 Å². The fraction of sp³-hybridized carbons (Fsp3) is 0.143. The third kappa shape index (κ3) is 2.88.